The van der Waals surface area contributed by atoms with Crippen molar-refractivity contribution in [3.8, 4) is 0 Å². The number of pyridine rings is 1. The van der Waals surface area contributed by atoms with Crippen LogP contribution in [0.1, 0.15) is 19.8 Å². The molecular weight excluding hydrogens is 326 g/mol. The van der Waals surface area contributed by atoms with Crippen LogP contribution < -0.4 is 10.6 Å². The van der Waals surface area contributed by atoms with Crippen LogP contribution in [-0.4, -0.2) is 66.6 Å². The molecule has 0 aliphatic carbocycles. The van der Waals surface area contributed by atoms with Gasteiger partial charge in [0.1, 0.15) is 0 Å². The first-order valence-corrected chi connectivity index (χ1v) is 9.32. The van der Waals surface area contributed by atoms with E-state index in [0.29, 0.717) is 6.54 Å². The molecule has 2 N–H and O–H groups in total. The van der Waals surface area contributed by atoms with Gasteiger partial charge in [0.05, 0.1) is 5.52 Å². The highest BCUT2D eigenvalue weighted by Crippen LogP contribution is 2.26. The molecule has 0 bridgehead atoms. The van der Waals surface area contributed by atoms with Crippen LogP contribution in [0.3, 0.4) is 0 Å². The van der Waals surface area contributed by atoms with Crippen molar-refractivity contribution in [3.63, 3.8) is 0 Å². The number of urea groups is 1. The molecule has 0 atom stereocenters. The van der Waals surface area contributed by atoms with Gasteiger partial charge in [-0.05, 0) is 64.8 Å². The molecule has 1 aromatic carbocycles. The molecule has 0 saturated carbocycles. The molecule has 2 aromatic rings. The molecule has 3 rings (SSSR count). The first-order chi connectivity index (χ1) is 12.5. The minimum absolute atomic E-state index is 0.0218. The van der Waals surface area contributed by atoms with Gasteiger partial charge in [0.2, 0.25) is 0 Å². The van der Waals surface area contributed by atoms with E-state index in [4.69, 9.17) is 0 Å². The zero-order chi connectivity index (χ0) is 18.6. The van der Waals surface area contributed by atoms with Crippen LogP contribution in [0.15, 0.2) is 36.5 Å². The fourth-order valence-electron chi connectivity index (χ4n) is 3.63. The number of piperidine rings is 1. The number of hydrogen-bond donors (Lipinski definition) is 2. The first-order valence-electron chi connectivity index (χ1n) is 9.32. The summed E-state index contributed by atoms with van der Waals surface area (Å²) in [6, 6.07) is 9.53. The van der Waals surface area contributed by atoms with E-state index in [9.17, 15) is 4.79 Å². The molecule has 1 aliphatic rings. The minimum atomic E-state index is -0.167. The molecule has 1 saturated heterocycles. The molecule has 2 heterocycles. The van der Waals surface area contributed by atoms with Gasteiger partial charge in [-0.2, -0.15) is 0 Å². The van der Waals surface area contributed by atoms with Crippen LogP contribution in [0, 0.1) is 0 Å². The van der Waals surface area contributed by atoms with Gasteiger partial charge in [-0.25, -0.2) is 4.79 Å². The Morgan fingerprint density at radius 3 is 2.73 bits per heavy atom. The summed E-state index contributed by atoms with van der Waals surface area (Å²) in [7, 11) is 4.21. The number of carbonyl (C=O) groups excluding carboxylic acids is 1. The SMILES string of the molecule is CCN1CCC(CNC(=O)Nc2ccc3cccnc3c2)(N(C)C)CC1. The van der Waals surface area contributed by atoms with Gasteiger partial charge >= 0.3 is 6.03 Å². The zero-order valence-corrected chi connectivity index (χ0v) is 16.0. The maximum Gasteiger partial charge on any atom is 0.319 e. The highest BCUT2D eigenvalue weighted by atomic mass is 16.2. The highest BCUT2D eigenvalue weighted by molar-refractivity contribution is 5.92. The lowest BCUT2D eigenvalue weighted by molar-refractivity contribution is 0.0604. The third-order valence-corrected chi connectivity index (χ3v) is 5.62. The van der Waals surface area contributed by atoms with Gasteiger partial charge in [-0.1, -0.05) is 19.1 Å². The second kappa shape index (κ2) is 8.01. The molecule has 140 valence electrons. The number of likely N-dealkylation sites (N-methyl/N-ethyl adjacent to an activating group) is 1. The molecule has 6 nitrogen and oxygen atoms in total. The van der Waals surface area contributed by atoms with Crippen LogP contribution in [-0.2, 0) is 0 Å². The van der Waals surface area contributed by atoms with Crippen LogP contribution >= 0.6 is 0 Å². The van der Waals surface area contributed by atoms with Crippen molar-refractivity contribution in [3.05, 3.63) is 36.5 Å². The van der Waals surface area contributed by atoms with Crippen molar-refractivity contribution in [1.82, 2.24) is 20.1 Å². The minimum Gasteiger partial charge on any atom is -0.336 e. The maximum atomic E-state index is 12.4. The van der Waals surface area contributed by atoms with E-state index in [1.165, 1.54) is 0 Å². The Bertz CT molecular complexity index is 753. The van der Waals surface area contributed by atoms with Gasteiger partial charge in [-0.15, -0.1) is 0 Å². The average molecular weight is 355 g/mol. The van der Waals surface area contributed by atoms with Gasteiger partial charge in [-0.3, -0.25) is 4.98 Å². The Labute approximate surface area is 155 Å². The van der Waals surface area contributed by atoms with Crippen LogP contribution in [0.2, 0.25) is 0 Å². The predicted molar refractivity (Wildman–Crippen MR) is 107 cm³/mol. The summed E-state index contributed by atoms with van der Waals surface area (Å²) in [5, 5.41) is 7.07. The molecule has 1 fully saturated rings. The molecule has 0 unspecified atom stereocenters. The van der Waals surface area contributed by atoms with Gasteiger partial charge in [0, 0.05) is 29.4 Å². The second-order valence-electron chi connectivity index (χ2n) is 7.27. The largest absolute Gasteiger partial charge is 0.336 e. The van der Waals surface area contributed by atoms with Crippen molar-refractivity contribution < 1.29 is 4.79 Å². The highest BCUT2D eigenvalue weighted by Gasteiger charge is 2.36. The van der Waals surface area contributed by atoms with Gasteiger partial charge in [0.25, 0.3) is 0 Å². The lowest BCUT2D eigenvalue weighted by atomic mass is 9.86. The smallest absolute Gasteiger partial charge is 0.319 e. The quantitative estimate of drug-likeness (QED) is 0.866. The summed E-state index contributed by atoms with van der Waals surface area (Å²) >= 11 is 0. The monoisotopic (exact) mass is 355 g/mol. The Morgan fingerprint density at radius 2 is 2.04 bits per heavy atom. The van der Waals surface area contributed by atoms with Crippen molar-refractivity contribution >= 4 is 22.6 Å². The van der Waals surface area contributed by atoms with Crippen molar-refractivity contribution in [2.75, 3.05) is 45.6 Å². The molecule has 6 heteroatoms. The Kier molecular flexibility index (Phi) is 5.74. The molecular formula is C20H29N5O. The number of likely N-dealkylation sites (tertiary alicyclic amines) is 1. The first kappa shape index (κ1) is 18.6. The van der Waals surface area contributed by atoms with E-state index in [1.54, 1.807) is 6.20 Å². The lowest BCUT2D eigenvalue weighted by Gasteiger charge is -2.46. The third-order valence-electron chi connectivity index (χ3n) is 5.62. The number of rotatable bonds is 5. The number of nitrogens with one attached hydrogen (secondary N) is 2. The summed E-state index contributed by atoms with van der Waals surface area (Å²) in [6.07, 6.45) is 3.89. The fraction of sp³-hybridized carbons (Fsp3) is 0.500. The summed E-state index contributed by atoms with van der Waals surface area (Å²) in [5.74, 6) is 0. The van der Waals surface area contributed by atoms with E-state index >= 15 is 0 Å². The van der Waals surface area contributed by atoms with Crippen LogP contribution in [0.25, 0.3) is 10.9 Å². The number of nitrogens with zero attached hydrogens (tertiary/aromatic N) is 3. The molecule has 0 radical (unpaired) electrons. The number of benzene rings is 1. The summed E-state index contributed by atoms with van der Waals surface area (Å²) in [5.41, 5.74) is 1.66. The van der Waals surface area contributed by atoms with E-state index in [-0.39, 0.29) is 11.6 Å². The van der Waals surface area contributed by atoms with E-state index in [2.05, 4.69) is 46.4 Å². The van der Waals surface area contributed by atoms with Gasteiger partial charge in [0.15, 0.2) is 0 Å². The van der Waals surface area contributed by atoms with E-state index in [1.807, 2.05) is 30.3 Å². The van der Waals surface area contributed by atoms with E-state index in [0.717, 1.165) is 49.1 Å². The second-order valence-corrected chi connectivity index (χ2v) is 7.27. The Hall–Kier alpha value is -2.18. The average Bonchev–Trinajstić information content (AvgIpc) is 2.66. The number of amides is 2. The van der Waals surface area contributed by atoms with E-state index < -0.39 is 0 Å². The summed E-state index contributed by atoms with van der Waals surface area (Å²) in [4.78, 5) is 21.5. The fourth-order valence-corrected chi connectivity index (χ4v) is 3.63. The maximum absolute atomic E-state index is 12.4. The standard InChI is InChI=1S/C20H29N5O/c1-4-25-12-9-20(10-13-25,24(2)3)15-22-19(26)23-17-8-7-16-6-5-11-21-18(16)14-17/h5-8,11,14H,4,9-10,12-13,15H2,1-3H3,(H2,22,23,26). The van der Waals surface area contributed by atoms with Crippen molar-refractivity contribution in [1.29, 1.82) is 0 Å². The molecule has 26 heavy (non-hydrogen) atoms. The van der Waals surface area contributed by atoms with Crippen LogP contribution in [0.5, 0.6) is 0 Å². The summed E-state index contributed by atoms with van der Waals surface area (Å²) < 4.78 is 0. The number of fused-ring (bicyclic) bond motifs is 1. The lowest BCUT2D eigenvalue weighted by Crippen LogP contribution is -2.58. The molecule has 2 amide bonds. The number of anilines is 1. The topological polar surface area (TPSA) is 60.5 Å². The molecule has 1 aromatic heterocycles. The molecule has 0 spiro atoms. The number of carbonyl (C=O) groups is 1. The number of hydrogen-bond acceptors (Lipinski definition) is 4. The number of aromatic nitrogens is 1. The van der Waals surface area contributed by atoms with Crippen molar-refractivity contribution in [2.24, 2.45) is 0 Å². The summed E-state index contributed by atoms with van der Waals surface area (Å²) in [6.45, 7) is 6.10. The van der Waals surface area contributed by atoms with Gasteiger partial charge < -0.3 is 20.4 Å². The molecule has 1 aliphatic heterocycles. The third kappa shape index (κ3) is 4.14. The normalized spacial score (nSPS) is 17.4. The predicted octanol–water partition coefficient (Wildman–Crippen LogP) is 2.77. The zero-order valence-electron chi connectivity index (χ0n) is 16.0. The van der Waals surface area contributed by atoms with Crippen LogP contribution in [0.4, 0.5) is 10.5 Å². The Balaban J connectivity index is 1.59. The van der Waals surface area contributed by atoms with Crippen molar-refractivity contribution in [2.45, 2.75) is 25.3 Å². The Morgan fingerprint density at radius 1 is 1.27 bits per heavy atom.